The van der Waals surface area contributed by atoms with Gasteiger partial charge in [-0.1, -0.05) is 0 Å². The molecule has 0 bridgehead atoms. The first kappa shape index (κ1) is 6.58. The van der Waals surface area contributed by atoms with E-state index in [0.29, 0.717) is 0 Å². The van der Waals surface area contributed by atoms with Crippen LogP contribution in [0.4, 0.5) is 0 Å². The van der Waals surface area contributed by atoms with Crippen molar-refractivity contribution < 1.29 is 0 Å². The Morgan fingerprint density at radius 2 is 1.90 bits per heavy atom. The molecule has 0 aromatic carbocycles. The SMILES string of the molecule is CNN1C[C@H]2CNC[C@@H]2C1. The van der Waals surface area contributed by atoms with E-state index in [0.717, 1.165) is 11.8 Å². The Kier molecular flexibility index (Phi) is 1.64. The average molecular weight is 141 g/mol. The summed E-state index contributed by atoms with van der Waals surface area (Å²) in [4.78, 5) is 0. The van der Waals surface area contributed by atoms with Crippen molar-refractivity contribution in [3.8, 4) is 0 Å². The van der Waals surface area contributed by atoms with Crippen molar-refractivity contribution in [2.24, 2.45) is 11.8 Å². The van der Waals surface area contributed by atoms with Gasteiger partial charge in [-0.15, -0.1) is 0 Å². The van der Waals surface area contributed by atoms with Crippen molar-refractivity contribution in [2.75, 3.05) is 33.2 Å². The molecule has 2 N–H and O–H groups in total. The van der Waals surface area contributed by atoms with Crippen LogP contribution in [0.5, 0.6) is 0 Å². The van der Waals surface area contributed by atoms with Crippen molar-refractivity contribution in [3.63, 3.8) is 0 Å². The van der Waals surface area contributed by atoms with Crippen LogP contribution in [0, 0.1) is 11.8 Å². The highest BCUT2D eigenvalue weighted by Crippen LogP contribution is 2.24. The molecule has 0 radical (unpaired) electrons. The molecule has 0 aromatic rings. The number of hydrogen-bond acceptors (Lipinski definition) is 3. The summed E-state index contributed by atoms with van der Waals surface area (Å²) >= 11 is 0. The number of rotatable bonds is 1. The molecule has 2 atom stereocenters. The molecule has 2 heterocycles. The Hall–Kier alpha value is -0.120. The number of hydrazine groups is 1. The number of nitrogens with zero attached hydrogens (tertiary/aromatic N) is 1. The Balaban J connectivity index is 1.94. The molecule has 10 heavy (non-hydrogen) atoms. The lowest BCUT2D eigenvalue weighted by Gasteiger charge is -2.14. The molecular weight excluding hydrogens is 126 g/mol. The summed E-state index contributed by atoms with van der Waals surface area (Å²) in [6, 6.07) is 0. The van der Waals surface area contributed by atoms with Crippen LogP contribution in [0.15, 0.2) is 0 Å². The zero-order valence-electron chi connectivity index (χ0n) is 6.43. The normalized spacial score (nSPS) is 40.5. The number of nitrogens with one attached hydrogen (secondary N) is 2. The molecule has 2 aliphatic rings. The minimum atomic E-state index is 0.910. The summed E-state index contributed by atoms with van der Waals surface area (Å²) in [5.74, 6) is 1.82. The zero-order valence-corrected chi connectivity index (χ0v) is 6.43. The standard InChI is InChI=1S/C7H15N3/c1-8-10-4-6-2-9-3-7(6)5-10/h6-9H,2-5H2,1H3/t6-,7-/m1/s1. The fourth-order valence-electron chi connectivity index (χ4n) is 2.04. The first-order valence-corrected chi connectivity index (χ1v) is 4.03. The van der Waals surface area contributed by atoms with Gasteiger partial charge in [-0.3, -0.25) is 5.43 Å². The van der Waals surface area contributed by atoms with E-state index in [9.17, 15) is 0 Å². The Bertz CT molecular complexity index is 114. The summed E-state index contributed by atoms with van der Waals surface area (Å²) in [6.07, 6.45) is 0. The lowest BCUT2D eigenvalue weighted by atomic mass is 10.0. The molecule has 0 spiro atoms. The maximum atomic E-state index is 3.41. The maximum Gasteiger partial charge on any atom is 0.0175 e. The van der Waals surface area contributed by atoms with Gasteiger partial charge in [0, 0.05) is 13.1 Å². The monoisotopic (exact) mass is 141 g/mol. The van der Waals surface area contributed by atoms with E-state index in [2.05, 4.69) is 15.8 Å². The van der Waals surface area contributed by atoms with Crippen molar-refractivity contribution in [1.29, 1.82) is 0 Å². The molecule has 3 heteroatoms. The minimum Gasteiger partial charge on any atom is -0.316 e. The van der Waals surface area contributed by atoms with Gasteiger partial charge in [0.05, 0.1) is 0 Å². The van der Waals surface area contributed by atoms with E-state index in [1.54, 1.807) is 0 Å². The summed E-state index contributed by atoms with van der Waals surface area (Å²) in [5, 5.41) is 5.73. The Labute approximate surface area is 61.7 Å². The third-order valence-corrected chi connectivity index (χ3v) is 2.71. The van der Waals surface area contributed by atoms with E-state index in [-0.39, 0.29) is 0 Å². The predicted molar refractivity (Wildman–Crippen MR) is 40.5 cm³/mol. The minimum absolute atomic E-state index is 0.910. The molecule has 2 fully saturated rings. The van der Waals surface area contributed by atoms with Crippen LogP contribution in [-0.4, -0.2) is 38.2 Å². The second-order valence-electron chi connectivity index (χ2n) is 3.31. The van der Waals surface area contributed by atoms with Gasteiger partial charge in [-0.05, 0) is 32.0 Å². The van der Waals surface area contributed by atoms with E-state index >= 15 is 0 Å². The predicted octanol–water partition coefficient (Wildman–Crippen LogP) is -0.728. The Morgan fingerprint density at radius 1 is 1.30 bits per heavy atom. The van der Waals surface area contributed by atoms with Crippen LogP contribution in [0.1, 0.15) is 0 Å². The number of hydrogen-bond donors (Lipinski definition) is 2. The fourth-order valence-corrected chi connectivity index (χ4v) is 2.04. The molecule has 0 saturated carbocycles. The van der Waals surface area contributed by atoms with Gasteiger partial charge in [-0.2, -0.15) is 0 Å². The summed E-state index contributed by atoms with van der Waals surface area (Å²) < 4.78 is 0. The van der Waals surface area contributed by atoms with Crippen molar-refractivity contribution in [3.05, 3.63) is 0 Å². The first-order valence-electron chi connectivity index (χ1n) is 4.03. The van der Waals surface area contributed by atoms with Crippen molar-refractivity contribution in [2.45, 2.75) is 0 Å². The molecule has 2 saturated heterocycles. The van der Waals surface area contributed by atoms with Crippen LogP contribution in [0.2, 0.25) is 0 Å². The third-order valence-electron chi connectivity index (χ3n) is 2.71. The molecule has 2 aliphatic heterocycles. The average Bonchev–Trinajstić information content (AvgIpc) is 2.42. The lowest BCUT2D eigenvalue weighted by Crippen LogP contribution is -2.35. The second kappa shape index (κ2) is 2.49. The highest BCUT2D eigenvalue weighted by Gasteiger charge is 2.35. The summed E-state index contributed by atoms with van der Waals surface area (Å²) in [6.45, 7) is 4.91. The van der Waals surface area contributed by atoms with Crippen LogP contribution >= 0.6 is 0 Å². The van der Waals surface area contributed by atoms with Gasteiger partial charge in [-0.25, -0.2) is 5.01 Å². The van der Waals surface area contributed by atoms with Gasteiger partial charge in [0.2, 0.25) is 0 Å². The highest BCUT2D eigenvalue weighted by atomic mass is 15.5. The van der Waals surface area contributed by atoms with Gasteiger partial charge >= 0.3 is 0 Å². The largest absolute Gasteiger partial charge is 0.316 e. The molecule has 58 valence electrons. The van der Waals surface area contributed by atoms with Crippen LogP contribution in [0.3, 0.4) is 0 Å². The maximum absolute atomic E-state index is 3.41. The summed E-state index contributed by atoms with van der Waals surface area (Å²) in [5.41, 5.74) is 3.20. The fraction of sp³-hybridized carbons (Fsp3) is 1.00. The number of fused-ring (bicyclic) bond motifs is 1. The van der Waals surface area contributed by atoms with Gasteiger partial charge < -0.3 is 5.32 Å². The quantitative estimate of drug-likeness (QED) is 0.504. The van der Waals surface area contributed by atoms with Gasteiger partial charge in [0.1, 0.15) is 0 Å². The highest BCUT2D eigenvalue weighted by molar-refractivity contribution is 4.89. The van der Waals surface area contributed by atoms with Crippen LogP contribution in [-0.2, 0) is 0 Å². The van der Waals surface area contributed by atoms with Gasteiger partial charge in [0.15, 0.2) is 0 Å². The Morgan fingerprint density at radius 3 is 2.40 bits per heavy atom. The van der Waals surface area contributed by atoms with Crippen molar-refractivity contribution in [1.82, 2.24) is 15.8 Å². The molecule has 0 unspecified atom stereocenters. The molecule has 0 aliphatic carbocycles. The van der Waals surface area contributed by atoms with Crippen LogP contribution in [0.25, 0.3) is 0 Å². The third kappa shape index (κ3) is 0.944. The molecular formula is C7H15N3. The zero-order chi connectivity index (χ0) is 6.97. The van der Waals surface area contributed by atoms with E-state index < -0.39 is 0 Å². The molecule has 0 amide bonds. The lowest BCUT2D eigenvalue weighted by molar-refractivity contribution is 0.242. The smallest absolute Gasteiger partial charge is 0.0175 e. The van der Waals surface area contributed by atoms with E-state index in [1.165, 1.54) is 26.2 Å². The second-order valence-corrected chi connectivity index (χ2v) is 3.31. The van der Waals surface area contributed by atoms with E-state index in [1.807, 2.05) is 7.05 Å². The van der Waals surface area contributed by atoms with Gasteiger partial charge in [0.25, 0.3) is 0 Å². The molecule has 2 rings (SSSR count). The first-order chi connectivity index (χ1) is 4.90. The molecule has 0 aromatic heterocycles. The van der Waals surface area contributed by atoms with Crippen LogP contribution < -0.4 is 10.7 Å². The van der Waals surface area contributed by atoms with E-state index in [4.69, 9.17) is 0 Å². The summed E-state index contributed by atoms with van der Waals surface area (Å²) in [7, 11) is 2.01. The molecule has 3 nitrogen and oxygen atoms in total. The van der Waals surface area contributed by atoms with Crippen molar-refractivity contribution >= 4 is 0 Å². The topological polar surface area (TPSA) is 27.3 Å².